The zero-order chi connectivity index (χ0) is 11.8. The SMILES string of the molecule is O=c1c(=Cc2ccc(Cl)cc2)sc2ncnn12. The molecule has 0 unspecified atom stereocenters. The molecule has 4 nitrogen and oxygen atoms in total. The number of nitrogens with zero attached hydrogens (tertiary/aromatic N) is 3. The van der Waals surface area contributed by atoms with Gasteiger partial charge in [0.1, 0.15) is 6.33 Å². The van der Waals surface area contributed by atoms with Crippen LogP contribution in [0.2, 0.25) is 5.02 Å². The van der Waals surface area contributed by atoms with Gasteiger partial charge < -0.3 is 0 Å². The summed E-state index contributed by atoms with van der Waals surface area (Å²) in [6.45, 7) is 0. The van der Waals surface area contributed by atoms with Crippen LogP contribution >= 0.6 is 22.9 Å². The normalized spacial score (nSPS) is 12.4. The smallest absolute Gasteiger partial charge is 0.266 e. The molecule has 0 radical (unpaired) electrons. The van der Waals surface area contributed by atoms with Gasteiger partial charge in [0.25, 0.3) is 5.56 Å². The van der Waals surface area contributed by atoms with E-state index in [2.05, 4.69) is 10.1 Å². The van der Waals surface area contributed by atoms with Gasteiger partial charge in [-0.25, -0.2) is 4.98 Å². The third kappa shape index (κ3) is 1.83. The minimum Gasteiger partial charge on any atom is -0.266 e. The fraction of sp³-hybridized carbons (Fsp3) is 0. The number of thiazole rings is 1. The van der Waals surface area contributed by atoms with E-state index in [1.54, 1.807) is 18.2 Å². The predicted molar refractivity (Wildman–Crippen MR) is 67.4 cm³/mol. The Morgan fingerprint density at radius 3 is 2.76 bits per heavy atom. The van der Waals surface area contributed by atoms with Crippen molar-refractivity contribution in [3.63, 3.8) is 0 Å². The number of halogens is 1. The Labute approximate surface area is 105 Å². The van der Waals surface area contributed by atoms with Crippen LogP contribution in [0.1, 0.15) is 5.56 Å². The summed E-state index contributed by atoms with van der Waals surface area (Å²) < 4.78 is 1.91. The lowest BCUT2D eigenvalue weighted by Gasteiger charge is -1.91. The van der Waals surface area contributed by atoms with E-state index in [1.807, 2.05) is 12.1 Å². The van der Waals surface area contributed by atoms with Gasteiger partial charge in [0.15, 0.2) is 0 Å². The molecule has 0 aliphatic heterocycles. The lowest BCUT2D eigenvalue weighted by atomic mass is 10.2. The average molecular weight is 264 g/mol. The standard InChI is InChI=1S/C11H6ClN3OS/c12-8-3-1-7(2-4-8)5-9-10(16)15-11(17-9)13-6-14-15/h1-6H. The van der Waals surface area contributed by atoms with Gasteiger partial charge in [0.05, 0.1) is 4.53 Å². The van der Waals surface area contributed by atoms with Gasteiger partial charge in [-0.1, -0.05) is 35.1 Å². The van der Waals surface area contributed by atoms with Crippen LogP contribution in [0.3, 0.4) is 0 Å². The zero-order valence-corrected chi connectivity index (χ0v) is 10.1. The van der Waals surface area contributed by atoms with Crippen LogP contribution in [-0.2, 0) is 0 Å². The zero-order valence-electron chi connectivity index (χ0n) is 8.50. The maximum absolute atomic E-state index is 11.9. The Kier molecular flexibility index (Phi) is 2.42. The molecule has 3 aromatic rings. The second-order valence-corrected chi connectivity index (χ2v) is 4.87. The second-order valence-electron chi connectivity index (χ2n) is 3.42. The average Bonchev–Trinajstić information content (AvgIpc) is 2.87. The number of hydrogen-bond donors (Lipinski definition) is 0. The molecule has 0 aliphatic rings. The maximum Gasteiger partial charge on any atom is 0.291 e. The van der Waals surface area contributed by atoms with E-state index in [4.69, 9.17) is 11.6 Å². The lowest BCUT2D eigenvalue weighted by Crippen LogP contribution is -2.23. The van der Waals surface area contributed by atoms with Gasteiger partial charge in [-0.2, -0.15) is 9.61 Å². The third-order valence-electron chi connectivity index (χ3n) is 2.29. The van der Waals surface area contributed by atoms with Crippen molar-refractivity contribution in [2.45, 2.75) is 0 Å². The van der Waals surface area contributed by atoms with E-state index in [0.717, 1.165) is 5.56 Å². The van der Waals surface area contributed by atoms with Crippen molar-refractivity contribution in [2.75, 3.05) is 0 Å². The summed E-state index contributed by atoms with van der Waals surface area (Å²) in [6, 6.07) is 7.29. The molecular weight excluding hydrogens is 258 g/mol. The first-order valence-electron chi connectivity index (χ1n) is 4.84. The van der Waals surface area contributed by atoms with Gasteiger partial charge in [-0.3, -0.25) is 4.79 Å². The molecule has 0 aliphatic carbocycles. The van der Waals surface area contributed by atoms with Crippen LogP contribution in [0, 0.1) is 0 Å². The fourth-order valence-corrected chi connectivity index (χ4v) is 2.50. The molecule has 2 heterocycles. The number of rotatable bonds is 1. The molecule has 0 spiro atoms. The van der Waals surface area contributed by atoms with Gasteiger partial charge >= 0.3 is 0 Å². The first-order chi connectivity index (χ1) is 8.24. The highest BCUT2D eigenvalue weighted by Crippen LogP contribution is 2.10. The van der Waals surface area contributed by atoms with Crippen molar-refractivity contribution in [3.8, 4) is 0 Å². The minimum atomic E-state index is -0.141. The molecule has 0 N–H and O–H groups in total. The monoisotopic (exact) mass is 263 g/mol. The van der Waals surface area contributed by atoms with Gasteiger partial charge in [-0.05, 0) is 23.8 Å². The van der Waals surface area contributed by atoms with Crippen molar-refractivity contribution >= 4 is 34.0 Å². The highest BCUT2D eigenvalue weighted by atomic mass is 35.5. The molecule has 1 aromatic carbocycles. The molecule has 3 rings (SSSR count). The summed E-state index contributed by atoms with van der Waals surface area (Å²) in [7, 11) is 0. The lowest BCUT2D eigenvalue weighted by molar-refractivity contribution is 0.932. The second kappa shape index (κ2) is 3.94. The van der Waals surface area contributed by atoms with Crippen molar-refractivity contribution in [3.05, 3.63) is 56.1 Å². The molecule has 0 atom stereocenters. The molecule has 6 heteroatoms. The fourth-order valence-electron chi connectivity index (χ4n) is 1.49. The Hall–Kier alpha value is -1.72. The van der Waals surface area contributed by atoms with E-state index in [-0.39, 0.29) is 5.56 Å². The predicted octanol–water partition coefficient (Wildman–Crippen LogP) is 1.35. The minimum absolute atomic E-state index is 0.141. The van der Waals surface area contributed by atoms with Gasteiger partial charge in [0.2, 0.25) is 4.96 Å². The summed E-state index contributed by atoms with van der Waals surface area (Å²) in [4.78, 5) is 16.5. The van der Waals surface area contributed by atoms with E-state index in [1.165, 1.54) is 22.2 Å². The van der Waals surface area contributed by atoms with E-state index >= 15 is 0 Å². The van der Waals surface area contributed by atoms with Gasteiger partial charge in [-0.15, -0.1) is 0 Å². The molecule has 84 valence electrons. The van der Waals surface area contributed by atoms with Crippen LogP contribution in [0.5, 0.6) is 0 Å². The maximum atomic E-state index is 11.9. The molecule has 0 bridgehead atoms. The molecule has 0 saturated heterocycles. The largest absolute Gasteiger partial charge is 0.291 e. The topological polar surface area (TPSA) is 47.3 Å². The van der Waals surface area contributed by atoms with Crippen molar-refractivity contribution in [1.29, 1.82) is 0 Å². The Balaban J connectivity index is 2.20. The van der Waals surface area contributed by atoms with E-state index in [0.29, 0.717) is 14.5 Å². The Morgan fingerprint density at radius 2 is 2.06 bits per heavy atom. The quantitative estimate of drug-likeness (QED) is 0.666. The van der Waals surface area contributed by atoms with Gasteiger partial charge in [0, 0.05) is 5.02 Å². The van der Waals surface area contributed by atoms with E-state index in [9.17, 15) is 4.79 Å². The first kappa shape index (κ1) is 10.4. The van der Waals surface area contributed by atoms with Crippen LogP contribution in [-0.4, -0.2) is 14.6 Å². The molecular formula is C11H6ClN3OS. The number of hydrogen-bond acceptors (Lipinski definition) is 4. The summed E-state index contributed by atoms with van der Waals surface area (Å²) in [5, 5.41) is 4.53. The third-order valence-corrected chi connectivity index (χ3v) is 3.51. The number of benzene rings is 1. The van der Waals surface area contributed by atoms with Crippen LogP contribution in [0.15, 0.2) is 35.4 Å². The first-order valence-corrected chi connectivity index (χ1v) is 6.03. The summed E-state index contributed by atoms with van der Waals surface area (Å²) >= 11 is 7.11. The van der Waals surface area contributed by atoms with Crippen molar-refractivity contribution in [1.82, 2.24) is 14.6 Å². The van der Waals surface area contributed by atoms with Crippen LogP contribution in [0.4, 0.5) is 0 Å². The molecule has 0 saturated carbocycles. The highest BCUT2D eigenvalue weighted by molar-refractivity contribution is 7.15. The highest BCUT2D eigenvalue weighted by Gasteiger charge is 2.04. The number of fused-ring (bicyclic) bond motifs is 1. The van der Waals surface area contributed by atoms with Crippen molar-refractivity contribution < 1.29 is 0 Å². The Bertz CT molecular complexity index is 775. The number of aromatic nitrogens is 3. The summed E-state index contributed by atoms with van der Waals surface area (Å²) in [5.74, 6) is 0. The van der Waals surface area contributed by atoms with Crippen LogP contribution in [0.25, 0.3) is 11.0 Å². The van der Waals surface area contributed by atoms with Crippen molar-refractivity contribution in [2.24, 2.45) is 0 Å². The molecule has 17 heavy (non-hydrogen) atoms. The van der Waals surface area contributed by atoms with Crippen LogP contribution < -0.4 is 10.1 Å². The summed E-state index contributed by atoms with van der Waals surface area (Å²) in [6.07, 6.45) is 3.18. The Morgan fingerprint density at radius 1 is 1.29 bits per heavy atom. The summed E-state index contributed by atoms with van der Waals surface area (Å²) in [5.41, 5.74) is 0.786. The molecule has 0 amide bonds. The molecule has 0 fully saturated rings. The molecule has 2 aromatic heterocycles. The van der Waals surface area contributed by atoms with E-state index < -0.39 is 0 Å².